The van der Waals surface area contributed by atoms with Crippen LogP contribution in [0.1, 0.15) is 52.4 Å². The van der Waals surface area contributed by atoms with E-state index in [-0.39, 0.29) is 62.8 Å². The first kappa shape index (κ1) is 29.3. The molecule has 0 saturated carbocycles. The van der Waals surface area contributed by atoms with E-state index in [1.54, 1.807) is 0 Å². The third-order valence-corrected chi connectivity index (χ3v) is 7.29. The number of ether oxygens (including phenoxy) is 4. The van der Waals surface area contributed by atoms with Crippen molar-refractivity contribution in [2.45, 2.75) is 65.5 Å². The molecule has 3 rings (SSSR count). The number of aromatic nitrogens is 3. The third kappa shape index (κ3) is 6.80. The van der Waals surface area contributed by atoms with Crippen LogP contribution < -0.4 is 17.1 Å². The molecule has 0 spiro atoms. The molecule has 0 N–H and O–H groups in total. The highest BCUT2D eigenvalue weighted by Gasteiger charge is 2.39. The second kappa shape index (κ2) is 13.0. The van der Waals surface area contributed by atoms with E-state index >= 15 is 0 Å². The van der Waals surface area contributed by atoms with Gasteiger partial charge in [-0.2, -0.15) is 0 Å². The lowest BCUT2D eigenvalue weighted by molar-refractivity contribution is -0.171. The van der Waals surface area contributed by atoms with Crippen LogP contribution >= 0.6 is 0 Å². The summed E-state index contributed by atoms with van der Waals surface area (Å²) in [6.45, 7) is 9.96. The van der Waals surface area contributed by atoms with E-state index in [2.05, 4.69) is 12.3 Å². The number of carbonyl (C=O) groups is 2. The lowest BCUT2D eigenvalue weighted by Crippen LogP contribution is -2.53. The van der Waals surface area contributed by atoms with E-state index < -0.39 is 29.0 Å². The zero-order chi connectivity index (χ0) is 27.8. The Hall–Kier alpha value is -3.21. The van der Waals surface area contributed by atoms with Crippen LogP contribution in [0.2, 0.25) is 0 Å². The van der Waals surface area contributed by atoms with Gasteiger partial charge in [0, 0.05) is 25.9 Å². The molecule has 12 nitrogen and oxygen atoms in total. The summed E-state index contributed by atoms with van der Waals surface area (Å²) in [6, 6.07) is 0. The van der Waals surface area contributed by atoms with Crippen LogP contribution in [0.4, 0.5) is 0 Å². The topological polar surface area (TPSA) is 137 Å². The molecule has 0 bridgehead atoms. The number of hydrogen-bond donors (Lipinski definition) is 0. The molecular formula is C26H37N3O9. The van der Waals surface area contributed by atoms with Gasteiger partial charge in [-0.3, -0.25) is 9.59 Å². The number of nitrogens with zero attached hydrogens (tertiary/aromatic N) is 3. The van der Waals surface area contributed by atoms with Crippen molar-refractivity contribution < 1.29 is 28.5 Å². The Bertz CT molecular complexity index is 1130. The molecule has 3 heterocycles. The van der Waals surface area contributed by atoms with Gasteiger partial charge < -0.3 is 18.9 Å². The van der Waals surface area contributed by atoms with E-state index in [1.807, 2.05) is 13.8 Å². The summed E-state index contributed by atoms with van der Waals surface area (Å²) < 4.78 is 23.7. The zero-order valence-corrected chi connectivity index (χ0v) is 22.2. The van der Waals surface area contributed by atoms with Crippen molar-refractivity contribution in [3.63, 3.8) is 0 Å². The maximum Gasteiger partial charge on any atom is 0.340 e. The van der Waals surface area contributed by atoms with Gasteiger partial charge in [0.2, 0.25) is 0 Å². The zero-order valence-electron chi connectivity index (χ0n) is 22.2. The van der Waals surface area contributed by atoms with Crippen molar-refractivity contribution in [3.05, 3.63) is 43.8 Å². The molecule has 0 amide bonds. The first-order chi connectivity index (χ1) is 18.2. The standard InChI is InChI=1S/C26H37N3O9/c1-4-11-27-22(32)28(12-7-9-20(30)37-18-25(5-2)14-35-15-25)24(34)29(23(27)33)13-8-10-21(31)38-19-26(6-3)16-36-17-26/h11H,1,5-10,12-19H2,2-3H3. The van der Waals surface area contributed by atoms with Gasteiger partial charge in [0.05, 0.1) is 43.5 Å². The number of hydrogen-bond acceptors (Lipinski definition) is 9. The fourth-order valence-corrected chi connectivity index (χ4v) is 4.17. The number of carbonyl (C=O) groups excluding carboxylic acids is 2. The fraction of sp³-hybridized carbons (Fsp3) is 0.692. The minimum absolute atomic E-state index is 0.000905. The molecule has 38 heavy (non-hydrogen) atoms. The monoisotopic (exact) mass is 535 g/mol. The van der Waals surface area contributed by atoms with Crippen LogP contribution in [0.3, 0.4) is 0 Å². The van der Waals surface area contributed by atoms with Crippen molar-refractivity contribution >= 4 is 18.1 Å². The second-order valence-corrected chi connectivity index (χ2v) is 10.1. The Kier molecular flexibility index (Phi) is 10.1. The summed E-state index contributed by atoms with van der Waals surface area (Å²) in [5.41, 5.74) is -0.430. The summed E-state index contributed by atoms with van der Waals surface area (Å²) >= 11 is 0. The van der Waals surface area contributed by atoms with Crippen molar-refractivity contribution in [2.75, 3.05) is 39.6 Å². The normalized spacial score (nSPS) is 17.0. The van der Waals surface area contributed by atoms with Crippen LogP contribution in [-0.4, -0.2) is 65.3 Å². The molecular weight excluding hydrogens is 498 g/mol. The van der Waals surface area contributed by atoms with Crippen LogP contribution in [0.25, 0.3) is 6.20 Å². The van der Waals surface area contributed by atoms with Crippen molar-refractivity contribution in [2.24, 2.45) is 10.8 Å². The maximum absolute atomic E-state index is 13.0. The van der Waals surface area contributed by atoms with Gasteiger partial charge in [0.1, 0.15) is 13.2 Å². The highest BCUT2D eigenvalue weighted by molar-refractivity contribution is 5.69. The van der Waals surface area contributed by atoms with Gasteiger partial charge in [-0.05, 0) is 25.7 Å². The van der Waals surface area contributed by atoms with Crippen LogP contribution in [-0.2, 0) is 41.6 Å². The largest absolute Gasteiger partial charge is 0.465 e. The Morgan fingerprint density at radius 1 is 0.842 bits per heavy atom. The van der Waals surface area contributed by atoms with E-state index in [0.29, 0.717) is 26.4 Å². The first-order valence-corrected chi connectivity index (χ1v) is 13.0. The quantitative estimate of drug-likeness (QED) is 0.237. The second-order valence-electron chi connectivity index (χ2n) is 10.1. The first-order valence-electron chi connectivity index (χ1n) is 13.0. The average Bonchev–Trinajstić information content (AvgIpc) is 2.85. The van der Waals surface area contributed by atoms with Crippen molar-refractivity contribution in [3.8, 4) is 0 Å². The minimum atomic E-state index is -0.857. The molecule has 0 unspecified atom stereocenters. The molecule has 12 heteroatoms. The molecule has 0 radical (unpaired) electrons. The summed E-state index contributed by atoms with van der Waals surface area (Å²) in [4.78, 5) is 63.0. The predicted octanol–water partition coefficient (Wildman–Crippen LogP) is 0.927. The molecule has 210 valence electrons. The predicted molar refractivity (Wildman–Crippen MR) is 137 cm³/mol. The van der Waals surface area contributed by atoms with Crippen LogP contribution in [0, 0.1) is 10.8 Å². The van der Waals surface area contributed by atoms with Gasteiger partial charge in [0.25, 0.3) is 0 Å². The highest BCUT2D eigenvalue weighted by atomic mass is 16.6. The summed E-state index contributed by atoms with van der Waals surface area (Å²) in [5.74, 6) is -0.872. The van der Waals surface area contributed by atoms with Crippen LogP contribution in [0.5, 0.6) is 0 Å². The molecule has 2 aliphatic rings. The molecule has 1 aromatic rings. The van der Waals surface area contributed by atoms with Crippen LogP contribution in [0.15, 0.2) is 26.7 Å². The SMILES string of the molecule is C=C=Cn1c(=O)n(CCCC(=O)OCC2(CC)COC2)c(=O)n(CCCC(=O)OCC2(CC)COC2)c1=O. The van der Waals surface area contributed by atoms with Gasteiger partial charge in [-0.1, -0.05) is 20.4 Å². The molecule has 0 atom stereocenters. The Balaban J connectivity index is 1.60. The summed E-state index contributed by atoms with van der Waals surface area (Å²) in [7, 11) is 0. The molecule has 2 saturated heterocycles. The summed E-state index contributed by atoms with van der Waals surface area (Å²) in [5, 5.41) is 0. The Morgan fingerprint density at radius 2 is 1.26 bits per heavy atom. The fourth-order valence-electron chi connectivity index (χ4n) is 4.17. The molecule has 2 aliphatic heterocycles. The molecule has 0 aromatic carbocycles. The molecule has 1 aromatic heterocycles. The van der Waals surface area contributed by atoms with Gasteiger partial charge in [0.15, 0.2) is 0 Å². The van der Waals surface area contributed by atoms with E-state index in [9.17, 15) is 24.0 Å². The lowest BCUT2D eigenvalue weighted by Gasteiger charge is -2.39. The average molecular weight is 536 g/mol. The van der Waals surface area contributed by atoms with Crippen molar-refractivity contribution in [1.82, 2.24) is 13.7 Å². The number of esters is 2. The maximum atomic E-state index is 13.0. The van der Waals surface area contributed by atoms with Gasteiger partial charge in [-0.25, -0.2) is 28.1 Å². The van der Waals surface area contributed by atoms with Crippen molar-refractivity contribution in [1.29, 1.82) is 0 Å². The lowest BCUT2D eigenvalue weighted by atomic mass is 9.84. The molecule has 0 aliphatic carbocycles. The highest BCUT2D eigenvalue weighted by Crippen LogP contribution is 2.32. The van der Waals surface area contributed by atoms with Gasteiger partial charge >= 0.3 is 29.0 Å². The molecule has 2 fully saturated rings. The van der Waals surface area contributed by atoms with E-state index in [4.69, 9.17) is 18.9 Å². The van der Waals surface area contributed by atoms with E-state index in [0.717, 1.165) is 32.7 Å². The smallest absolute Gasteiger partial charge is 0.340 e. The Morgan fingerprint density at radius 3 is 1.58 bits per heavy atom. The Labute approximate surface area is 220 Å². The third-order valence-electron chi connectivity index (χ3n) is 7.29. The van der Waals surface area contributed by atoms with Gasteiger partial charge in [-0.15, -0.1) is 5.73 Å². The minimum Gasteiger partial charge on any atom is -0.465 e. The van der Waals surface area contributed by atoms with E-state index in [1.165, 1.54) is 0 Å². The number of rotatable bonds is 15. The summed E-state index contributed by atoms with van der Waals surface area (Å²) in [6.07, 6.45) is 3.04.